The lowest BCUT2D eigenvalue weighted by Crippen LogP contribution is -2.39. The lowest BCUT2D eigenvalue weighted by Gasteiger charge is -2.21. The number of nitrogens with one attached hydrogen (secondary N) is 1. The molecule has 0 atom stereocenters. The predicted molar refractivity (Wildman–Crippen MR) is 101 cm³/mol. The van der Waals surface area contributed by atoms with Crippen LogP contribution in [-0.4, -0.2) is 39.4 Å². The second kappa shape index (κ2) is 9.02. The molecule has 2 aromatic rings. The zero-order valence-corrected chi connectivity index (χ0v) is 16.2. The van der Waals surface area contributed by atoms with E-state index < -0.39 is 10.0 Å². The Bertz CT molecular complexity index is 857. The van der Waals surface area contributed by atoms with Crippen LogP contribution in [0.1, 0.15) is 12.5 Å². The van der Waals surface area contributed by atoms with Gasteiger partial charge in [0.1, 0.15) is 10.6 Å². The highest BCUT2D eigenvalue weighted by molar-refractivity contribution is 7.89. The van der Waals surface area contributed by atoms with Crippen LogP contribution in [0.25, 0.3) is 0 Å². The van der Waals surface area contributed by atoms with E-state index in [0.717, 1.165) is 5.56 Å². The number of hydrogen-bond donors (Lipinski definition) is 1. The van der Waals surface area contributed by atoms with Gasteiger partial charge in [0.2, 0.25) is 15.9 Å². The molecule has 0 unspecified atom stereocenters. The quantitative estimate of drug-likeness (QED) is 0.744. The normalized spacial score (nSPS) is 11.2. The fraction of sp³-hybridized carbons (Fsp3) is 0.278. The molecule has 0 heterocycles. The van der Waals surface area contributed by atoms with Crippen LogP contribution >= 0.6 is 11.6 Å². The highest BCUT2D eigenvalue weighted by Crippen LogP contribution is 2.26. The zero-order chi connectivity index (χ0) is 19.2. The molecule has 0 aliphatic carbocycles. The second-order valence-electron chi connectivity index (χ2n) is 5.51. The molecule has 2 aromatic carbocycles. The highest BCUT2D eigenvalue weighted by atomic mass is 35.5. The molecule has 0 radical (unpaired) electrons. The van der Waals surface area contributed by atoms with E-state index in [1.54, 1.807) is 4.90 Å². The molecule has 0 saturated carbocycles. The molecule has 0 saturated heterocycles. The Labute approximate surface area is 158 Å². The summed E-state index contributed by atoms with van der Waals surface area (Å²) >= 11 is 5.88. The number of carbonyl (C=O) groups excluding carboxylic acids is 1. The lowest BCUT2D eigenvalue weighted by atomic mass is 10.2. The van der Waals surface area contributed by atoms with Crippen molar-refractivity contribution in [3.8, 4) is 5.75 Å². The Hall–Kier alpha value is -2.09. The van der Waals surface area contributed by atoms with Crippen molar-refractivity contribution in [1.29, 1.82) is 0 Å². The first-order valence-corrected chi connectivity index (χ1v) is 9.88. The summed E-state index contributed by atoms with van der Waals surface area (Å²) in [5.41, 5.74) is 0.974. The number of carbonyl (C=O) groups is 1. The molecule has 26 heavy (non-hydrogen) atoms. The molecule has 1 N–H and O–H groups in total. The number of methoxy groups -OCH3 is 1. The molecule has 0 aliphatic rings. The Morgan fingerprint density at radius 2 is 1.88 bits per heavy atom. The Morgan fingerprint density at radius 3 is 2.50 bits per heavy atom. The monoisotopic (exact) mass is 396 g/mol. The highest BCUT2D eigenvalue weighted by Gasteiger charge is 2.22. The van der Waals surface area contributed by atoms with Gasteiger partial charge in [-0.3, -0.25) is 4.79 Å². The fourth-order valence-electron chi connectivity index (χ4n) is 2.39. The van der Waals surface area contributed by atoms with Gasteiger partial charge < -0.3 is 9.64 Å². The maximum Gasteiger partial charge on any atom is 0.244 e. The number of amides is 1. The van der Waals surface area contributed by atoms with E-state index in [1.165, 1.54) is 25.3 Å². The van der Waals surface area contributed by atoms with Gasteiger partial charge in [0.05, 0.1) is 13.7 Å². The van der Waals surface area contributed by atoms with E-state index in [1.807, 2.05) is 37.3 Å². The molecular formula is C18H21ClN2O4S. The minimum Gasteiger partial charge on any atom is -0.495 e. The van der Waals surface area contributed by atoms with Crippen molar-refractivity contribution in [2.45, 2.75) is 18.4 Å². The van der Waals surface area contributed by atoms with Crippen LogP contribution in [0.15, 0.2) is 53.4 Å². The van der Waals surface area contributed by atoms with E-state index in [9.17, 15) is 13.2 Å². The van der Waals surface area contributed by atoms with Crippen molar-refractivity contribution >= 4 is 27.5 Å². The molecule has 0 bridgehead atoms. The smallest absolute Gasteiger partial charge is 0.244 e. The molecule has 8 heteroatoms. The van der Waals surface area contributed by atoms with Gasteiger partial charge >= 0.3 is 0 Å². The summed E-state index contributed by atoms with van der Waals surface area (Å²) in [7, 11) is -2.57. The van der Waals surface area contributed by atoms with E-state index in [2.05, 4.69) is 4.72 Å². The van der Waals surface area contributed by atoms with Crippen LogP contribution in [0, 0.1) is 0 Å². The molecule has 6 nitrogen and oxygen atoms in total. The van der Waals surface area contributed by atoms with Gasteiger partial charge in [0.15, 0.2) is 0 Å². The van der Waals surface area contributed by atoms with Crippen LogP contribution in [-0.2, 0) is 21.4 Å². The average Bonchev–Trinajstić information content (AvgIpc) is 2.65. The van der Waals surface area contributed by atoms with Gasteiger partial charge in [-0.2, -0.15) is 0 Å². The third kappa shape index (κ3) is 5.20. The molecule has 0 aromatic heterocycles. The SMILES string of the molecule is CCN(Cc1ccccc1)C(=O)CNS(=O)(=O)c1cc(Cl)ccc1OC. The van der Waals surface area contributed by atoms with Crippen LogP contribution in [0.2, 0.25) is 5.02 Å². The maximum absolute atomic E-state index is 12.5. The molecule has 1 amide bonds. The molecule has 0 spiro atoms. The standard InChI is InChI=1S/C18H21ClN2O4S/c1-3-21(13-14-7-5-4-6-8-14)18(22)12-20-26(23,24)17-11-15(19)9-10-16(17)25-2/h4-11,20H,3,12-13H2,1-2H3. The number of sulfonamides is 1. The van der Waals surface area contributed by atoms with E-state index in [0.29, 0.717) is 13.1 Å². The first-order valence-electron chi connectivity index (χ1n) is 8.02. The van der Waals surface area contributed by atoms with Crippen molar-refractivity contribution in [2.75, 3.05) is 20.2 Å². The summed E-state index contributed by atoms with van der Waals surface area (Å²) in [6.07, 6.45) is 0. The maximum atomic E-state index is 12.5. The van der Waals surface area contributed by atoms with E-state index in [-0.39, 0.29) is 28.1 Å². The second-order valence-corrected chi connectivity index (χ2v) is 7.69. The van der Waals surface area contributed by atoms with Crippen LogP contribution in [0.4, 0.5) is 0 Å². The molecular weight excluding hydrogens is 376 g/mol. The average molecular weight is 397 g/mol. The summed E-state index contributed by atoms with van der Waals surface area (Å²) in [5, 5.41) is 0.261. The first-order chi connectivity index (χ1) is 12.4. The summed E-state index contributed by atoms with van der Waals surface area (Å²) in [5.74, 6) is -0.160. The van der Waals surface area contributed by atoms with Gasteiger partial charge in [-0.25, -0.2) is 13.1 Å². The van der Waals surface area contributed by atoms with Gasteiger partial charge in [-0.05, 0) is 30.7 Å². The zero-order valence-electron chi connectivity index (χ0n) is 14.6. The fourth-order valence-corrected chi connectivity index (χ4v) is 3.79. The molecule has 0 aliphatic heterocycles. The summed E-state index contributed by atoms with van der Waals surface area (Å²) < 4.78 is 32.4. The number of benzene rings is 2. The molecule has 140 valence electrons. The minimum absolute atomic E-state index is 0.105. The van der Waals surface area contributed by atoms with Gasteiger partial charge in [0.25, 0.3) is 0 Å². The Morgan fingerprint density at radius 1 is 1.19 bits per heavy atom. The van der Waals surface area contributed by atoms with Crippen molar-refractivity contribution < 1.29 is 17.9 Å². The predicted octanol–water partition coefficient (Wildman–Crippen LogP) is 2.68. The number of nitrogens with zero attached hydrogens (tertiary/aromatic N) is 1. The van der Waals surface area contributed by atoms with Crippen molar-refractivity contribution in [3.05, 3.63) is 59.1 Å². The summed E-state index contributed by atoms with van der Waals surface area (Å²) in [6, 6.07) is 13.8. The number of ether oxygens (including phenoxy) is 1. The number of halogens is 1. The third-order valence-electron chi connectivity index (χ3n) is 3.78. The van der Waals surface area contributed by atoms with Crippen molar-refractivity contribution in [1.82, 2.24) is 9.62 Å². The van der Waals surface area contributed by atoms with Crippen molar-refractivity contribution in [2.24, 2.45) is 0 Å². The lowest BCUT2D eigenvalue weighted by molar-refractivity contribution is -0.130. The van der Waals surface area contributed by atoms with Gasteiger partial charge in [-0.1, -0.05) is 41.9 Å². The number of rotatable bonds is 8. The topological polar surface area (TPSA) is 75.7 Å². The van der Waals surface area contributed by atoms with E-state index >= 15 is 0 Å². The summed E-state index contributed by atoms with van der Waals surface area (Å²) in [6.45, 7) is 2.38. The first kappa shape index (κ1) is 20.2. The number of hydrogen-bond acceptors (Lipinski definition) is 4. The molecule has 0 fully saturated rings. The van der Waals surface area contributed by atoms with Gasteiger partial charge in [-0.15, -0.1) is 0 Å². The Kier molecular flexibility index (Phi) is 7.02. The Balaban J connectivity index is 2.08. The number of likely N-dealkylation sites (N-methyl/N-ethyl adjacent to an activating group) is 1. The van der Waals surface area contributed by atoms with Gasteiger partial charge in [0, 0.05) is 18.1 Å². The van der Waals surface area contributed by atoms with Crippen LogP contribution in [0.3, 0.4) is 0 Å². The van der Waals surface area contributed by atoms with Crippen LogP contribution in [0.5, 0.6) is 5.75 Å². The van der Waals surface area contributed by atoms with Crippen molar-refractivity contribution in [3.63, 3.8) is 0 Å². The minimum atomic E-state index is -3.94. The third-order valence-corrected chi connectivity index (χ3v) is 5.44. The molecule has 2 rings (SSSR count). The van der Waals surface area contributed by atoms with Crippen LogP contribution < -0.4 is 9.46 Å². The summed E-state index contributed by atoms with van der Waals surface area (Å²) in [4.78, 5) is 13.9. The van der Waals surface area contributed by atoms with E-state index in [4.69, 9.17) is 16.3 Å². The largest absolute Gasteiger partial charge is 0.495 e.